The Kier molecular flexibility index (Phi) is 51.0. The molecule has 6 nitrogen and oxygen atoms in total. The van der Waals surface area contributed by atoms with E-state index in [2.05, 4.69) is 142 Å². The molecular formula is C61H98O6. The van der Waals surface area contributed by atoms with Crippen LogP contribution in [0.15, 0.2) is 122 Å². The molecule has 0 aromatic carbocycles. The molecule has 0 aliphatic heterocycles. The number of carbonyl (C=O) groups is 3. The molecule has 0 bridgehead atoms. The third-order valence-electron chi connectivity index (χ3n) is 10.9. The largest absolute Gasteiger partial charge is 0.462 e. The predicted octanol–water partition coefficient (Wildman–Crippen LogP) is 18.1. The molecule has 0 N–H and O–H groups in total. The standard InChI is InChI=1S/C61H98O6/c1-4-7-10-13-16-19-22-24-25-26-27-28-29-30-31-32-33-34-35-37-39-42-45-48-51-54-60(63)66-57-58(56-65-59(62)53-50-47-44-41-38-21-18-15-12-9-6-3)67-61(64)55-52-49-46-43-40-36-23-20-17-14-11-8-5-2/h7-8,10-11,15-20,24-25,27-28,30-31,33-34,36,40,58H,4-6,9,12-14,21-23,26,29,32,35,37-39,41-57H2,1-3H3/b10-7-,11-8-,18-15-,19-16-,20-17-,25-24-,28-27-,31-30-,34-33-,40-36-. The summed E-state index contributed by atoms with van der Waals surface area (Å²) in [4.78, 5) is 38.0. The molecule has 0 radical (unpaired) electrons. The van der Waals surface area contributed by atoms with E-state index >= 15 is 0 Å². The van der Waals surface area contributed by atoms with Crippen LogP contribution in [0.1, 0.15) is 226 Å². The number of allylic oxidation sites excluding steroid dienone is 20. The van der Waals surface area contributed by atoms with Gasteiger partial charge in [0.25, 0.3) is 0 Å². The van der Waals surface area contributed by atoms with Crippen LogP contribution >= 0.6 is 0 Å². The maximum Gasteiger partial charge on any atom is 0.306 e. The SMILES string of the molecule is CC/C=C\C/C=C\C/C=C\C/C=C\C/C=C\C/C=C\CCCCCCCCC(=O)OCC(COC(=O)CCCCCCC/C=C\CCCC)OC(=O)CCCCC/C=C\C/C=C\C/C=C\CC. The number of unbranched alkanes of at least 4 members (excludes halogenated alkanes) is 16. The van der Waals surface area contributed by atoms with Crippen molar-refractivity contribution in [2.45, 2.75) is 232 Å². The van der Waals surface area contributed by atoms with Crippen molar-refractivity contribution in [3.8, 4) is 0 Å². The highest BCUT2D eigenvalue weighted by molar-refractivity contribution is 5.71. The van der Waals surface area contributed by atoms with Gasteiger partial charge in [0.1, 0.15) is 13.2 Å². The van der Waals surface area contributed by atoms with E-state index in [9.17, 15) is 14.4 Å². The van der Waals surface area contributed by atoms with Gasteiger partial charge in [-0.2, -0.15) is 0 Å². The number of rotatable bonds is 47. The summed E-state index contributed by atoms with van der Waals surface area (Å²) >= 11 is 0. The second-order valence-electron chi connectivity index (χ2n) is 17.4. The van der Waals surface area contributed by atoms with Gasteiger partial charge in [0.05, 0.1) is 0 Å². The maximum absolute atomic E-state index is 12.8. The number of carbonyl (C=O) groups excluding carboxylic acids is 3. The quantitative estimate of drug-likeness (QED) is 0.0262. The van der Waals surface area contributed by atoms with Crippen LogP contribution in [0.5, 0.6) is 0 Å². The third kappa shape index (κ3) is 52.6. The van der Waals surface area contributed by atoms with Crippen molar-refractivity contribution in [1.29, 1.82) is 0 Å². The molecule has 0 aliphatic rings. The van der Waals surface area contributed by atoms with Crippen molar-refractivity contribution < 1.29 is 28.6 Å². The smallest absolute Gasteiger partial charge is 0.306 e. The molecular weight excluding hydrogens is 829 g/mol. The molecule has 0 aliphatic carbocycles. The van der Waals surface area contributed by atoms with Gasteiger partial charge < -0.3 is 14.2 Å². The number of ether oxygens (including phenoxy) is 3. The van der Waals surface area contributed by atoms with Crippen LogP contribution in [0, 0.1) is 0 Å². The Labute approximate surface area is 412 Å². The second-order valence-corrected chi connectivity index (χ2v) is 17.4. The lowest BCUT2D eigenvalue weighted by Gasteiger charge is -2.18. The average molecular weight is 927 g/mol. The molecule has 67 heavy (non-hydrogen) atoms. The summed E-state index contributed by atoms with van der Waals surface area (Å²) in [6, 6.07) is 0. The number of hydrogen-bond acceptors (Lipinski definition) is 6. The van der Waals surface area contributed by atoms with Crippen LogP contribution in [0.4, 0.5) is 0 Å². The number of hydrogen-bond donors (Lipinski definition) is 0. The van der Waals surface area contributed by atoms with Crippen LogP contribution in [0.2, 0.25) is 0 Å². The monoisotopic (exact) mass is 927 g/mol. The molecule has 6 heteroatoms. The molecule has 0 rings (SSSR count). The van der Waals surface area contributed by atoms with Crippen LogP contribution in [0.3, 0.4) is 0 Å². The Morgan fingerprint density at radius 3 is 0.940 bits per heavy atom. The van der Waals surface area contributed by atoms with Gasteiger partial charge in [0.15, 0.2) is 6.10 Å². The van der Waals surface area contributed by atoms with Crippen LogP contribution in [-0.4, -0.2) is 37.2 Å². The fourth-order valence-electron chi connectivity index (χ4n) is 6.91. The summed E-state index contributed by atoms with van der Waals surface area (Å²) in [6.45, 7) is 6.31. The van der Waals surface area contributed by atoms with Gasteiger partial charge in [-0.25, -0.2) is 0 Å². The van der Waals surface area contributed by atoms with E-state index in [-0.39, 0.29) is 37.5 Å². The zero-order chi connectivity index (χ0) is 48.6. The molecule has 0 amide bonds. The minimum Gasteiger partial charge on any atom is -0.462 e. The zero-order valence-corrected chi connectivity index (χ0v) is 43.1. The van der Waals surface area contributed by atoms with Crippen molar-refractivity contribution in [2.75, 3.05) is 13.2 Å². The highest BCUT2D eigenvalue weighted by Gasteiger charge is 2.19. The van der Waals surface area contributed by atoms with Crippen molar-refractivity contribution in [2.24, 2.45) is 0 Å². The molecule has 1 unspecified atom stereocenters. The van der Waals surface area contributed by atoms with E-state index in [0.717, 1.165) is 148 Å². The lowest BCUT2D eigenvalue weighted by atomic mass is 10.1. The fraction of sp³-hybridized carbons (Fsp3) is 0.623. The summed E-state index contributed by atoms with van der Waals surface area (Å²) in [5.74, 6) is -0.963. The second kappa shape index (κ2) is 54.4. The van der Waals surface area contributed by atoms with Gasteiger partial charge in [-0.3, -0.25) is 14.4 Å². The first-order valence-corrected chi connectivity index (χ1v) is 27.0. The van der Waals surface area contributed by atoms with Gasteiger partial charge in [0.2, 0.25) is 0 Å². The first-order chi connectivity index (χ1) is 33.0. The average Bonchev–Trinajstić information content (AvgIpc) is 3.33. The van der Waals surface area contributed by atoms with Crippen molar-refractivity contribution >= 4 is 17.9 Å². The molecule has 0 aromatic rings. The summed E-state index contributed by atoms with van der Waals surface area (Å²) < 4.78 is 16.7. The lowest BCUT2D eigenvalue weighted by molar-refractivity contribution is -0.167. The van der Waals surface area contributed by atoms with Crippen LogP contribution in [0.25, 0.3) is 0 Å². The molecule has 0 heterocycles. The summed E-state index contributed by atoms with van der Waals surface area (Å²) in [5, 5.41) is 0. The lowest BCUT2D eigenvalue weighted by Crippen LogP contribution is -2.30. The molecule has 0 saturated heterocycles. The van der Waals surface area contributed by atoms with Crippen molar-refractivity contribution in [3.63, 3.8) is 0 Å². The highest BCUT2D eigenvalue weighted by Crippen LogP contribution is 2.13. The summed E-state index contributed by atoms with van der Waals surface area (Å²) in [6.07, 6.45) is 74.8. The highest BCUT2D eigenvalue weighted by atomic mass is 16.6. The van der Waals surface area contributed by atoms with E-state index in [1.165, 1.54) is 38.5 Å². The van der Waals surface area contributed by atoms with E-state index in [4.69, 9.17) is 14.2 Å². The van der Waals surface area contributed by atoms with Gasteiger partial charge in [-0.05, 0) is 122 Å². The predicted molar refractivity (Wildman–Crippen MR) is 288 cm³/mol. The van der Waals surface area contributed by atoms with Gasteiger partial charge >= 0.3 is 17.9 Å². The Morgan fingerprint density at radius 1 is 0.313 bits per heavy atom. The number of esters is 3. The third-order valence-corrected chi connectivity index (χ3v) is 10.9. The van der Waals surface area contributed by atoms with Crippen molar-refractivity contribution in [1.82, 2.24) is 0 Å². The minimum atomic E-state index is -0.805. The molecule has 0 fully saturated rings. The van der Waals surface area contributed by atoms with Gasteiger partial charge in [-0.1, -0.05) is 206 Å². The Morgan fingerprint density at radius 2 is 0.582 bits per heavy atom. The Balaban J connectivity index is 4.37. The summed E-state index contributed by atoms with van der Waals surface area (Å²) in [7, 11) is 0. The van der Waals surface area contributed by atoms with Crippen LogP contribution in [-0.2, 0) is 28.6 Å². The van der Waals surface area contributed by atoms with E-state index in [0.29, 0.717) is 12.8 Å². The fourth-order valence-corrected chi connectivity index (χ4v) is 6.91. The van der Waals surface area contributed by atoms with Crippen molar-refractivity contribution in [3.05, 3.63) is 122 Å². The first-order valence-electron chi connectivity index (χ1n) is 27.0. The molecule has 1 atom stereocenters. The minimum absolute atomic E-state index is 0.102. The molecule has 0 spiro atoms. The van der Waals surface area contributed by atoms with E-state index < -0.39 is 6.10 Å². The topological polar surface area (TPSA) is 78.9 Å². The Hall–Kier alpha value is -4.19. The van der Waals surface area contributed by atoms with E-state index in [1.54, 1.807) is 0 Å². The molecule has 0 saturated carbocycles. The maximum atomic E-state index is 12.8. The molecule has 378 valence electrons. The Bertz CT molecular complexity index is 1440. The van der Waals surface area contributed by atoms with Gasteiger partial charge in [0, 0.05) is 19.3 Å². The van der Waals surface area contributed by atoms with E-state index in [1.807, 2.05) is 0 Å². The zero-order valence-electron chi connectivity index (χ0n) is 43.1. The van der Waals surface area contributed by atoms with Crippen LogP contribution < -0.4 is 0 Å². The normalized spacial score (nSPS) is 13.1. The summed E-state index contributed by atoms with van der Waals surface area (Å²) in [5.41, 5.74) is 0. The molecule has 0 aromatic heterocycles. The van der Waals surface area contributed by atoms with Gasteiger partial charge in [-0.15, -0.1) is 0 Å². The first kappa shape index (κ1) is 62.8.